The lowest BCUT2D eigenvalue weighted by Gasteiger charge is -2.27. The van der Waals surface area contributed by atoms with Crippen molar-refractivity contribution in [1.82, 2.24) is 4.57 Å². The van der Waals surface area contributed by atoms with Gasteiger partial charge in [0.15, 0.2) is 0 Å². The standard InChI is InChI=1S/C46H28N2S2/c1-2-13-30(14-3-1)47-38-27-24-29-12-4-5-15-32(29)44(38)37-26-25-31(28-41(37)47)48(39-20-10-18-35-33-16-6-8-22-42(33)49-45(35)39)40-21-11-19-36-34-17-7-9-23-43(34)50-46(36)40/h1-28H. The average molecular weight is 673 g/mol. The Hall–Kier alpha value is -5.94. The first-order valence-electron chi connectivity index (χ1n) is 16.9. The number of rotatable bonds is 4. The molecule has 0 bridgehead atoms. The molecular weight excluding hydrogens is 645 g/mol. The van der Waals surface area contributed by atoms with Crippen LogP contribution in [0.3, 0.4) is 0 Å². The highest BCUT2D eigenvalue weighted by atomic mass is 32.1. The van der Waals surface area contributed by atoms with Crippen LogP contribution >= 0.6 is 22.7 Å². The molecule has 0 unspecified atom stereocenters. The molecule has 0 aliphatic rings. The number of hydrogen-bond acceptors (Lipinski definition) is 3. The summed E-state index contributed by atoms with van der Waals surface area (Å²) in [4.78, 5) is 2.51. The van der Waals surface area contributed by atoms with E-state index in [1.807, 2.05) is 22.7 Å². The van der Waals surface area contributed by atoms with Crippen molar-refractivity contribution >= 4 is 113 Å². The summed E-state index contributed by atoms with van der Waals surface area (Å²) >= 11 is 3.76. The maximum Gasteiger partial charge on any atom is 0.0640 e. The first-order chi connectivity index (χ1) is 24.8. The SMILES string of the molecule is c1ccc(-n2c3cc(N(c4cccc5c4sc4ccccc45)c4cccc5c4sc4ccccc45)ccc3c3c4ccccc4ccc32)cc1. The number of nitrogens with zero attached hydrogens (tertiary/aromatic N) is 2. The van der Waals surface area contributed by atoms with Gasteiger partial charge < -0.3 is 9.47 Å². The smallest absolute Gasteiger partial charge is 0.0640 e. The molecule has 2 nitrogen and oxygen atoms in total. The monoisotopic (exact) mass is 672 g/mol. The third-order valence-electron chi connectivity index (χ3n) is 10.2. The summed E-state index contributed by atoms with van der Waals surface area (Å²) in [5, 5.41) is 10.3. The van der Waals surface area contributed by atoms with Gasteiger partial charge in [0, 0.05) is 53.1 Å². The number of fused-ring (bicyclic) bond motifs is 11. The molecule has 8 aromatic carbocycles. The van der Waals surface area contributed by atoms with Crippen LogP contribution in [0.25, 0.3) is 78.6 Å². The first-order valence-corrected chi connectivity index (χ1v) is 18.6. The fraction of sp³-hybridized carbons (Fsp3) is 0. The molecule has 0 amide bonds. The van der Waals surface area contributed by atoms with Crippen LogP contribution in [0.5, 0.6) is 0 Å². The van der Waals surface area contributed by atoms with Crippen LogP contribution in [0.1, 0.15) is 0 Å². The second-order valence-corrected chi connectivity index (χ2v) is 15.0. The highest BCUT2D eigenvalue weighted by Gasteiger charge is 2.23. The molecule has 0 N–H and O–H groups in total. The van der Waals surface area contributed by atoms with Crippen LogP contribution in [-0.2, 0) is 0 Å². The average Bonchev–Trinajstić information content (AvgIpc) is 3.86. The van der Waals surface area contributed by atoms with E-state index in [0.717, 1.165) is 11.4 Å². The second kappa shape index (κ2) is 10.8. The van der Waals surface area contributed by atoms with Crippen LogP contribution in [0.2, 0.25) is 0 Å². The van der Waals surface area contributed by atoms with Crippen LogP contribution in [0.4, 0.5) is 17.1 Å². The van der Waals surface area contributed by atoms with Crippen molar-refractivity contribution in [3.05, 3.63) is 170 Å². The fourth-order valence-corrected chi connectivity index (χ4v) is 10.4. The van der Waals surface area contributed by atoms with Crippen LogP contribution in [-0.4, -0.2) is 4.57 Å². The van der Waals surface area contributed by atoms with Crippen LogP contribution in [0.15, 0.2) is 170 Å². The van der Waals surface area contributed by atoms with E-state index in [-0.39, 0.29) is 0 Å². The third-order valence-corrected chi connectivity index (χ3v) is 12.6. The van der Waals surface area contributed by atoms with Crippen molar-refractivity contribution in [3.8, 4) is 5.69 Å². The molecule has 3 heterocycles. The lowest BCUT2D eigenvalue weighted by molar-refractivity contribution is 1.18. The quantitative estimate of drug-likeness (QED) is 0.181. The number of para-hydroxylation sites is 1. The van der Waals surface area contributed by atoms with E-state index in [2.05, 4.69) is 179 Å². The zero-order valence-electron chi connectivity index (χ0n) is 26.9. The molecule has 0 radical (unpaired) electrons. The molecule has 50 heavy (non-hydrogen) atoms. The minimum Gasteiger partial charge on any atom is -0.309 e. The van der Waals surface area contributed by atoms with Crippen molar-refractivity contribution in [3.63, 3.8) is 0 Å². The molecule has 0 fully saturated rings. The molecule has 4 heteroatoms. The van der Waals surface area contributed by atoms with Gasteiger partial charge in [-0.05, 0) is 65.4 Å². The van der Waals surface area contributed by atoms with Crippen molar-refractivity contribution in [2.24, 2.45) is 0 Å². The topological polar surface area (TPSA) is 8.17 Å². The lowest BCUT2D eigenvalue weighted by atomic mass is 10.0. The van der Waals surface area contributed by atoms with E-state index >= 15 is 0 Å². The van der Waals surface area contributed by atoms with Gasteiger partial charge in [-0.1, -0.05) is 115 Å². The Balaban J connectivity index is 1.27. The minimum absolute atomic E-state index is 1.14. The zero-order chi connectivity index (χ0) is 32.8. The normalized spacial score (nSPS) is 12.0. The number of anilines is 3. The van der Waals surface area contributed by atoms with Gasteiger partial charge in [-0.15, -0.1) is 22.7 Å². The number of thiophene rings is 2. The van der Waals surface area contributed by atoms with E-state index in [4.69, 9.17) is 0 Å². The summed E-state index contributed by atoms with van der Waals surface area (Å²) in [6.45, 7) is 0. The minimum atomic E-state index is 1.14. The van der Waals surface area contributed by atoms with Gasteiger partial charge >= 0.3 is 0 Å². The van der Waals surface area contributed by atoms with Gasteiger partial charge in [-0.25, -0.2) is 0 Å². The molecule has 0 spiro atoms. The van der Waals surface area contributed by atoms with E-state index in [1.54, 1.807) is 0 Å². The van der Waals surface area contributed by atoms with Gasteiger partial charge in [-0.2, -0.15) is 0 Å². The summed E-state index contributed by atoms with van der Waals surface area (Å²) in [7, 11) is 0. The predicted molar refractivity (Wildman–Crippen MR) is 219 cm³/mol. The summed E-state index contributed by atoms with van der Waals surface area (Å²) in [5.74, 6) is 0. The van der Waals surface area contributed by atoms with Crippen LogP contribution < -0.4 is 4.90 Å². The number of aromatic nitrogens is 1. The van der Waals surface area contributed by atoms with Crippen LogP contribution in [0, 0.1) is 0 Å². The highest BCUT2D eigenvalue weighted by molar-refractivity contribution is 7.27. The number of hydrogen-bond donors (Lipinski definition) is 0. The van der Waals surface area contributed by atoms with E-state index in [9.17, 15) is 0 Å². The van der Waals surface area contributed by atoms with Crippen molar-refractivity contribution in [2.45, 2.75) is 0 Å². The zero-order valence-corrected chi connectivity index (χ0v) is 28.5. The lowest BCUT2D eigenvalue weighted by Crippen LogP contribution is -2.10. The van der Waals surface area contributed by atoms with Crippen molar-refractivity contribution in [2.75, 3.05) is 4.90 Å². The van der Waals surface area contributed by atoms with Gasteiger partial charge in [0.25, 0.3) is 0 Å². The predicted octanol–water partition coefficient (Wildman–Crippen LogP) is 14.1. The van der Waals surface area contributed by atoms with E-state index in [0.29, 0.717) is 0 Å². The molecule has 0 aliphatic carbocycles. The molecule has 0 aliphatic heterocycles. The maximum absolute atomic E-state index is 2.51. The Morgan fingerprint density at radius 3 is 1.66 bits per heavy atom. The van der Waals surface area contributed by atoms with Crippen molar-refractivity contribution in [1.29, 1.82) is 0 Å². The molecular formula is C46H28N2S2. The summed E-state index contributed by atoms with van der Waals surface area (Å²) in [5.41, 5.74) is 7.09. The maximum atomic E-state index is 2.51. The highest BCUT2D eigenvalue weighted by Crippen LogP contribution is 2.49. The molecule has 3 aromatic heterocycles. The Morgan fingerprint density at radius 1 is 0.400 bits per heavy atom. The van der Waals surface area contributed by atoms with Crippen molar-refractivity contribution < 1.29 is 0 Å². The fourth-order valence-electron chi connectivity index (χ4n) is 7.99. The Bertz CT molecular complexity index is 3000. The Labute approximate surface area is 296 Å². The summed E-state index contributed by atoms with van der Waals surface area (Å²) in [6, 6.07) is 62.4. The second-order valence-electron chi connectivity index (χ2n) is 12.9. The molecule has 11 rings (SSSR count). The molecule has 0 saturated heterocycles. The summed E-state index contributed by atoms with van der Waals surface area (Å²) in [6.07, 6.45) is 0. The third kappa shape index (κ3) is 4.01. The Morgan fingerprint density at radius 2 is 0.980 bits per heavy atom. The molecule has 0 atom stereocenters. The molecule has 234 valence electrons. The van der Waals surface area contributed by atoms with Gasteiger partial charge in [0.05, 0.1) is 31.8 Å². The van der Waals surface area contributed by atoms with Gasteiger partial charge in [0.1, 0.15) is 0 Å². The number of benzene rings is 8. The Kier molecular flexibility index (Phi) is 6.03. The van der Waals surface area contributed by atoms with Gasteiger partial charge in [0.2, 0.25) is 0 Å². The summed E-state index contributed by atoms with van der Waals surface area (Å²) < 4.78 is 7.64. The van der Waals surface area contributed by atoms with E-state index < -0.39 is 0 Å². The largest absolute Gasteiger partial charge is 0.309 e. The van der Waals surface area contributed by atoms with E-state index in [1.165, 1.54) is 84.3 Å². The first kappa shape index (κ1) is 28.0. The van der Waals surface area contributed by atoms with Gasteiger partial charge in [-0.3, -0.25) is 0 Å². The molecule has 11 aromatic rings. The molecule has 0 saturated carbocycles.